The average Bonchev–Trinajstić information content (AvgIpc) is 2.86. The molecule has 1 saturated carbocycles. The van der Waals surface area contributed by atoms with E-state index in [1.165, 1.54) is 0 Å². The quantitative estimate of drug-likeness (QED) is 0.724. The maximum absolute atomic E-state index is 13.5. The molecule has 2 heterocycles. The molecule has 7 heteroatoms. The van der Waals surface area contributed by atoms with E-state index >= 15 is 0 Å². The van der Waals surface area contributed by atoms with Crippen molar-refractivity contribution in [2.45, 2.75) is 63.7 Å². The van der Waals surface area contributed by atoms with Crippen molar-refractivity contribution in [2.24, 2.45) is 0 Å². The van der Waals surface area contributed by atoms with Gasteiger partial charge in [-0.3, -0.25) is 4.79 Å². The van der Waals surface area contributed by atoms with Crippen LogP contribution >= 0.6 is 0 Å². The first kappa shape index (κ1) is 20.4. The maximum Gasteiger partial charge on any atom is 0.494 e. The second-order valence-corrected chi connectivity index (χ2v) is 9.28. The number of nitrogens with zero attached hydrogens (tertiary/aromatic N) is 1. The molecule has 0 unspecified atom stereocenters. The van der Waals surface area contributed by atoms with Crippen molar-refractivity contribution in [3.05, 3.63) is 34.7 Å². The highest BCUT2D eigenvalue weighted by molar-refractivity contribution is 6.62. The van der Waals surface area contributed by atoms with E-state index in [9.17, 15) is 4.79 Å². The van der Waals surface area contributed by atoms with E-state index < -0.39 is 18.3 Å². The van der Waals surface area contributed by atoms with E-state index in [1.54, 1.807) is 14.2 Å². The fourth-order valence-electron chi connectivity index (χ4n) is 4.28. The van der Waals surface area contributed by atoms with Crippen molar-refractivity contribution in [1.29, 1.82) is 0 Å². The zero-order valence-electron chi connectivity index (χ0n) is 18.2. The van der Waals surface area contributed by atoms with Gasteiger partial charge in [0.1, 0.15) is 5.75 Å². The number of rotatable bonds is 5. The Balaban J connectivity index is 1.84. The molecule has 2 aromatic rings. The highest BCUT2D eigenvalue weighted by Gasteiger charge is 2.51. The number of pyridine rings is 1. The van der Waals surface area contributed by atoms with Crippen LogP contribution in [0, 0.1) is 0 Å². The lowest BCUT2D eigenvalue weighted by Gasteiger charge is -2.43. The van der Waals surface area contributed by atoms with Gasteiger partial charge in [0.15, 0.2) is 0 Å². The number of hydrogen-bond acceptors (Lipinski definition) is 5. The molecular weight excluding hydrogens is 369 g/mol. The molecule has 0 atom stereocenters. The molecule has 0 amide bonds. The predicted molar refractivity (Wildman–Crippen MR) is 114 cm³/mol. The van der Waals surface area contributed by atoms with Crippen molar-refractivity contribution < 1.29 is 18.8 Å². The number of ether oxygens (including phenoxy) is 2. The highest BCUT2D eigenvalue weighted by atomic mass is 16.7. The molecule has 29 heavy (non-hydrogen) atoms. The summed E-state index contributed by atoms with van der Waals surface area (Å²) in [6.07, 6.45) is 4.76. The van der Waals surface area contributed by atoms with Crippen molar-refractivity contribution in [3.8, 4) is 5.75 Å². The van der Waals surface area contributed by atoms with Crippen molar-refractivity contribution in [1.82, 2.24) is 4.57 Å². The Labute approximate surface area is 172 Å². The van der Waals surface area contributed by atoms with E-state index in [0.717, 1.165) is 30.1 Å². The average molecular weight is 399 g/mol. The molecule has 0 bridgehead atoms. The minimum atomic E-state index is -0.514. The Morgan fingerprint density at radius 1 is 1.07 bits per heavy atom. The summed E-state index contributed by atoms with van der Waals surface area (Å²) < 4.78 is 25.3. The van der Waals surface area contributed by atoms with Gasteiger partial charge in [0.25, 0.3) is 5.56 Å². The van der Waals surface area contributed by atoms with Crippen LogP contribution in [0.25, 0.3) is 10.8 Å². The van der Waals surface area contributed by atoms with Crippen LogP contribution in [-0.4, -0.2) is 43.7 Å². The maximum atomic E-state index is 13.5. The largest absolute Gasteiger partial charge is 0.495 e. The summed E-state index contributed by atoms with van der Waals surface area (Å²) in [6.45, 7) is 8.60. The van der Waals surface area contributed by atoms with Gasteiger partial charge in [-0.15, -0.1) is 0 Å². The lowest BCUT2D eigenvalue weighted by atomic mass is 9.76. The molecule has 6 nitrogen and oxygen atoms in total. The summed E-state index contributed by atoms with van der Waals surface area (Å²) in [5.74, 6) is 0.683. The van der Waals surface area contributed by atoms with Gasteiger partial charge in [0, 0.05) is 12.5 Å². The summed E-state index contributed by atoms with van der Waals surface area (Å²) >= 11 is 0. The second-order valence-electron chi connectivity index (χ2n) is 9.28. The van der Waals surface area contributed by atoms with Crippen LogP contribution in [0.3, 0.4) is 0 Å². The first-order valence-corrected chi connectivity index (χ1v) is 10.2. The van der Waals surface area contributed by atoms with Gasteiger partial charge in [-0.25, -0.2) is 0 Å². The van der Waals surface area contributed by atoms with Gasteiger partial charge < -0.3 is 23.3 Å². The van der Waals surface area contributed by atoms with Crippen molar-refractivity contribution in [3.63, 3.8) is 0 Å². The lowest BCUT2D eigenvalue weighted by Crippen LogP contribution is -2.49. The fourth-order valence-corrected chi connectivity index (χ4v) is 4.28. The number of methoxy groups -OCH3 is 2. The lowest BCUT2D eigenvalue weighted by molar-refractivity contribution is 0.00578. The van der Waals surface area contributed by atoms with Crippen LogP contribution in [0.5, 0.6) is 5.75 Å². The summed E-state index contributed by atoms with van der Waals surface area (Å²) in [5.41, 5.74) is -0.364. The van der Waals surface area contributed by atoms with Gasteiger partial charge in [0.2, 0.25) is 0 Å². The minimum absolute atomic E-state index is 0.0316. The smallest absolute Gasteiger partial charge is 0.494 e. The summed E-state index contributed by atoms with van der Waals surface area (Å²) in [5, 5.41) is 1.40. The Morgan fingerprint density at radius 2 is 1.72 bits per heavy atom. The molecule has 1 aromatic carbocycles. The van der Waals surface area contributed by atoms with Crippen LogP contribution in [0.2, 0.25) is 0 Å². The van der Waals surface area contributed by atoms with Crippen LogP contribution in [0.1, 0.15) is 47.0 Å². The number of aromatic nitrogens is 1. The standard InChI is InChI=1S/C22H30BNO5/c1-20(2)21(3,4)29-23(28-20)15-8-9-16-17(12-15)19(25)24(13-18(16)27-6)22(14-26-5)10-7-11-22/h8-9,12-13H,7,10-11,14H2,1-6H3. The van der Waals surface area contributed by atoms with Gasteiger partial charge >= 0.3 is 7.12 Å². The summed E-state index contributed by atoms with van der Waals surface area (Å²) in [7, 11) is 2.80. The van der Waals surface area contributed by atoms with E-state index in [4.69, 9.17) is 18.8 Å². The number of fused-ring (bicyclic) bond motifs is 1. The molecule has 0 radical (unpaired) electrons. The Morgan fingerprint density at radius 3 is 2.24 bits per heavy atom. The third-order valence-corrected chi connectivity index (χ3v) is 6.96. The first-order chi connectivity index (χ1) is 13.6. The fraction of sp³-hybridized carbons (Fsp3) is 0.591. The van der Waals surface area contributed by atoms with Crippen LogP contribution in [0.4, 0.5) is 0 Å². The highest BCUT2D eigenvalue weighted by Crippen LogP contribution is 2.40. The molecule has 156 valence electrons. The minimum Gasteiger partial charge on any atom is -0.495 e. The van der Waals surface area contributed by atoms with Gasteiger partial charge in [-0.1, -0.05) is 12.1 Å². The van der Waals surface area contributed by atoms with Crippen molar-refractivity contribution in [2.75, 3.05) is 20.8 Å². The van der Waals surface area contributed by atoms with E-state index in [0.29, 0.717) is 17.7 Å². The number of benzene rings is 1. The Kier molecular flexibility index (Phi) is 4.84. The molecule has 1 aromatic heterocycles. The van der Waals surface area contributed by atoms with Crippen LogP contribution < -0.4 is 15.8 Å². The Bertz CT molecular complexity index is 977. The molecule has 2 aliphatic rings. The third-order valence-electron chi connectivity index (χ3n) is 6.96. The topological polar surface area (TPSA) is 58.9 Å². The van der Waals surface area contributed by atoms with Crippen LogP contribution in [0.15, 0.2) is 29.2 Å². The van der Waals surface area contributed by atoms with Gasteiger partial charge in [-0.05, 0) is 58.5 Å². The van der Waals surface area contributed by atoms with Crippen LogP contribution in [-0.2, 0) is 19.6 Å². The first-order valence-electron chi connectivity index (χ1n) is 10.2. The normalized spacial score (nSPS) is 21.9. The molecule has 1 aliphatic heterocycles. The SMILES string of the molecule is COCC1(n2cc(OC)c3ccc(B4OC(C)(C)C(C)(C)O4)cc3c2=O)CCC1. The second kappa shape index (κ2) is 6.86. The monoisotopic (exact) mass is 399 g/mol. The molecule has 1 saturated heterocycles. The van der Waals surface area contributed by atoms with Crippen molar-refractivity contribution >= 4 is 23.4 Å². The molecule has 0 N–H and O–H groups in total. The predicted octanol–water partition coefficient (Wildman–Crippen LogP) is 2.83. The molecular formula is C22H30BNO5. The zero-order chi connectivity index (χ0) is 21.0. The summed E-state index contributed by atoms with van der Waals surface area (Å²) in [4.78, 5) is 13.5. The molecule has 0 spiro atoms. The van der Waals surface area contributed by atoms with Gasteiger partial charge in [-0.2, -0.15) is 0 Å². The Hall–Kier alpha value is -1.83. The van der Waals surface area contributed by atoms with Gasteiger partial charge in [0.05, 0.1) is 42.0 Å². The number of hydrogen-bond donors (Lipinski definition) is 0. The molecule has 2 fully saturated rings. The zero-order valence-corrected chi connectivity index (χ0v) is 18.2. The van der Waals surface area contributed by atoms with E-state index in [-0.39, 0.29) is 11.1 Å². The van der Waals surface area contributed by atoms with E-state index in [1.807, 2.05) is 56.7 Å². The summed E-state index contributed by atoms with van der Waals surface area (Å²) in [6, 6.07) is 5.76. The molecule has 1 aliphatic carbocycles. The molecule has 4 rings (SSSR count). The van der Waals surface area contributed by atoms with E-state index in [2.05, 4.69) is 0 Å². The third kappa shape index (κ3) is 3.11.